The van der Waals surface area contributed by atoms with E-state index in [0.717, 1.165) is 31.6 Å². The maximum absolute atomic E-state index is 10.3. The molecular formula is C13H24N2O2. The van der Waals surface area contributed by atoms with Crippen LogP contribution in [0.5, 0.6) is 0 Å². The Bertz CT molecular complexity index is 306. The Labute approximate surface area is 104 Å². The third-order valence-corrected chi connectivity index (χ3v) is 2.78. The number of ether oxygens (including phenoxy) is 1. The van der Waals surface area contributed by atoms with Gasteiger partial charge in [0.25, 0.3) is 0 Å². The number of nitrogens with zero attached hydrogens (tertiary/aromatic N) is 2. The molecule has 0 saturated heterocycles. The summed E-state index contributed by atoms with van der Waals surface area (Å²) in [7, 11) is 0. The van der Waals surface area contributed by atoms with Gasteiger partial charge in [0.2, 0.25) is 0 Å². The molecule has 0 spiro atoms. The van der Waals surface area contributed by atoms with E-state index in [2.05, 4.69) is 18.8 Å². The highest BCUT2D eigenvalue weighted by molar-refractivity contribution is 4.99. The number of aromatic nitrogens is 2. The van der Waals surface area contributed by atoms with Crippen molar-refractivity contribution in [2.75, 3.05) is 6.61 Å². The molecule has 1 aromatic rings. The quantitative estimate of drug-likeness (QED) is 0.759. The molecule has 0 aliphatic rings. The van der Waals surface area contributed by atoms with Gasteiger partial charge >= 0.3 is 0 Å². The molecule has 4 nitrogen and oxygen atoms in total. The van der Waals surface area contributed by atoms with E-state index < -0.39 is 6.10 Å². The lowest BCUT2D eigenvalue weighted by atomic mass is 10.1. The van der Waals surface area contributed by atoms with Gasteiger partial charge in [-0.2, -0.15) is 0 Å². The maximum atomic E-state index is 10.3. The first-order valence-electron chi connectivity index (χ1n) is 6.55. The van der Waals surface area contributed by atoms with Crippen molar-refractivity contribution in [3.63, 3.8) is 0 Å². The average Bonchev–Trinajstić information content (AvgIpc) is 2.77. The number of hydrogen-bond donors (Lipinski definition) is 1. The van der Waals surface area contributed by atoms with E-state index in [1.54, 1.807) is 6.20 Å². The Morgan fingerprint density at radius 1 is 1.35 bits per heavy atom. The molecule has 17 heavy (non-hydrogen) atoms. The number of hydrogen-bond acceptors (Lipinski definition) is 3. The first kappa shape index (κ1) is 14.2. The van der Waals surface area contributed by atoms with Crippen LogP contribution in [-0.4, -0.2) is 27.4 Å². The van der Waals surface area contributed by atoms with Crippen LogP contribution in [0.2, 0.25) is 0 Å². The van der Waals surface area contributed by atoms with Gasteiger partial charge in [-0.1, -0.05) is 20.3 Å². The van der Waals surface area contributed by atoms with Crippen LogP contribution in [0.15, 0.2) is 12.4 Å². The van der Waals surface area contributed by atoms with E-state index in [9.17, 15) is 5.11 Å². The molecule has 1 heterocycles. The first-order valence-corrected chi connectivity index (χ1v) is 6.55. The summed E-state index contributed by atoms with van der Waals surface area (Å²) >= 11 is 0. The number of aliphatic hydroxyl groups is 1. The second-order valence-corrected chi connectivity index (χ2v) is 4.21. The summed E-state index contributed by atoms with van der Waals surface area (Å²) in [6.07, 6.45) is 5.76. The molecule has 2 atom stereocenters. The summed E-state index contributed by atoms with van der Waals surface area (Å²) < 4.78 is 7.60. The van der Waals surface area contributed by atoms with Crippen LogP contribution in [0.3, 0.4) is 0 Å². The fourth-order valence-corrected chi connectivity index (χ4v) is 2.01. The zero-order valence-corrected chi connectivity index (χ0v) is 11.1. The van der Waals surface area contributed by atoms with Gasteiger partial charge in [-0.3, -0.25) is 0 Å². The predicted molar refractivity (Wildman–Crippen MR) is 67.8 cm³/mol. The summed E-state index contributed by atoms with van der Waals surface area (Å²) in [5.74, 6) is 0.721. The molecular weight excluding hydrogens is 216 g/mol. The van der Waals surface area contributed by atoms with Gasteiger partial charge in [-0.25, -0.2) is 4.98 Å². The Balaban J connectivity index is 2.76. The van der Waals surface area contributed by atoms with E-state index in [1.165, 1.54) is 0 Å². The normalized spacial score (nSPS) is 14.8. The van der Waals surface area contributed by atoms with Crippen molar-refractivity contribution in [2.24, 2.45) is 0 Å². The molecule has 0 radical (unpaired) electrons. The van der Waals surface area contributed by atoms with Gasteiger partial charge in [0.1, 0.15) is 11.9 Å². The fourth-order valence-electron chi connectivity index (χ4n) is 2.01. The molecule has 1 aromatic heterocycles. The lowest BCUT2D eigenvalue weighted by molar-refractivity contribution is -0.0434. The van der Waals surface area contributed by atoms with Crippen LogP contribution in [-0.2, 0) is 11.3 Å². The van der Waals surface area contributed by atoms with Crippen LogP contribution in [0.4, 0.5) is 0 Å². The molecule has 0 amide bonds. The molecule has 1 N–H and O–H groups in total. The van der Waals surface area contributed by atoms with Gasteiger partial charge < -0.3 is 14.4 Å². The summed E-state index contributed by atoms with van der Waals surface area (Å²) in [4.78, 5) is 4.25. The number of aryl methyl sites for hydroxylation is 1. The van der Waals surface area contributed by atoms with E-state index in [-0.39, 0.29) is 6.10 Å². The zero-order chi connectivity index (χ0) is 12.7. The van der Waals surface area contributed by atoms with Crippen LogP contribution in [0.1, 0.15) is 52.0 Å². The van der Waals surface area contributed by atoms with Crippen molar-refractivity contribution in [1.29, 1.82) is 0 Å². The van der Waals surface area contributed by atoms with Crippen molar-refractivity contribution >= 4 is 0 Å². The molecule has 4 heteroatoms. The Kier molecular flexibility index (Phi) is 6.22. The minimum absolute atomic E-state index is 0.150. The molecule has 0 fully saturated rings. The second-order valence-electron chi connectivity index (χ2n) is 4.21. The lowest BCUT2D eigenvalue weighted by Crippen LogP contribution is -2.25. The molecule has 1 rings (SSSR count). The monoisotopic (exact) mass is 240 g/mol. The van der Waals surface area contributed by atoms with Crippen molar-refractivity contribution in [3.05, 3.63) is 18.2 Å². The van der Waals surface area contributed by atoms with E-state index >= 15 is 0 Å². The lowest BCUT2D eigenvalue weighted by Gasteiger charge is -2.22. The maximum Gasteiger partial charge on any atom is 0.140 e. The largest absolute Gasteiger partial charge is 0.382 e. The summed E-state index contributed by atoms with van der Waals surface area (Å²) in [6.45, 7) is 7.67. The van der Waals surface area contributed by atoms with Crippen molar-refractivity contribution in [2.45, 2.75) is 58.8 Å². The van der Waals surface area contributed by atoms with Gasteiger partial charge in [0.05, 0.1) is 6.10 Å². The van der Waals surface area contributed by atoms with Gasteiger partial charge in [0.15, 0.2) is 0 Å². The van der Waals surface area contributed by atoms with Crippen LogP contribution >= 0.6 is 0 Å². The number of aliphatic hydroxyl groups excluding tert-OH is 1. The minimum atomic E-state index is -0.628. The summed E-state index contributed by atoms with van der Waals surface area (Å²) in [5, 5.41) is 10.3. The summed E-state index contributed by atoms with van der Waals surface area (Å²) in [5.41, 5.74) is 0. The average molecular weight is 240 g/mol. The molecule has 0 aliphatic heterocycles. The highest BCUT2D eigenvalue weighted by Crippen LogP contribution is 2.21. The third kappa shape index (κ3) is 3.82. The molecule has 98 valence electrons. The number of rotatable bonds is 8. The van der Waals surface area contributed by atoms with Crippen LogP contribution in [0, 0.1) is 0 Å². The standard InChI is InChI=1S/C13H24N2O2/c1-4-7-11(17-6-3)12(16)13-14-8-10-15(13)9-5-2/h8,10-12,16H,4-7,9H2,1-3H3. The molecule has 2 unspecified atom stereocenters. The van der Waals surface area contributed by atoms with Gasteiger partial charge in [-0.15, -0.1) is 0 Å². The highest BCUT2D eigenvalue weighted by atomic mass is 16.5. The van der Waals surface area contributed by atoms with Crippen molar-refractivity contribution in [3.8, 4) is 0 Å². The van der Waals surface area contributed by atoms with Crippen LogP contribution < -0.4 is 0 Å². The molecule has 0 saturated carbocycles. The highest BCUT2D eigenvalue weighted by Gasteiger charge is 2.24. The van der Waals surface area contributed by atoms with Gasteiger partial charge in [0, 0.05) is 25.5 Å². The first-order chi connectivity index (χ1) is 8.24. The van der Waals surface area contributed by atoms with Crippen molar-refractivity contribution in [1.82, 2.24) is 9.55 Å². The zero-order valence-electron chi connectivity index (χ0n) is 11.1. The minimum Gasteiger partial charge on any atom is -0.382 e. The van der Waals surface area contributed by atoms with E-state index in [4.69, 9.17) is 4.74 Å². The van der Waals surface area contributed by atoms with E-state index in [0.29, 0.717) is 6.61 Å². The SMILES string of the molecule is CCCC(OCC)C(O)c1nccn1CCC. The van der Waals surface area contributed by atoms with Crippen LogP contribution in [0.25, 0.3) is 0 Å². The van der Waals surface area contributed by atoms with Crippen molar-refractivity contribution < 1.29 is 9.84 Å². The Morgan fingerprint density at radius 2 is 2.12 bits per heavy atom. The topological polar surface area (TPSA) is 47.3 Å². The number of imidazole rings is 1. The predicted octanol–water partition coefficient (Wildman–Crippen LogP) is 2.53. The fraction of sp³-hybridized carbons (Fsp3) is 0.769. The smallest absolute Gasteiger partial charge is 0.140 e. The van der Waals surface area contributed by atoms with Gasteiger partial charge in [-0.05, 0) is 19.8 Å². The molecule has 0 bridgehead atoms. The van der Waals surface area contributed by atoms with E-state index in [1.807, 2.05) is 17.7 Å². The third-order valence-electron chi connectivity index (χ3n) is 2.78. The summed E-state index contributed by atoms with van der Waals surface area (Å²) in [6, 6.07) is 0. The molecule has 0 aromatic carbocycles. The Hall–Kier alpha value is -0.870. The Morgan fingerprint density at radius 3 is 2.71 bits per heavy atom. The molecule has 0 aliphatic carbocycles. The second kappa shape index (κ2) is 7.45.